The lowest BCUT2D eigenvalue weighted by molar-refractivity contribution is -0.00704. The molecule has 5 heteroatoms. The lowest BCUT2D eigenvalue weighted by Gasteiger charge is -2.56. The van der Waals surface area contributed by atoms with Crippen LogP contribution in [0.25, 0.3) is 20.7 Å². The number of anilines is 1. The number of ether oxygens (including phenoxy) is 1. The molecule has 1 aromatic carbocycles. The highest BCUT2D eigenvalue weighted by molar-refractivity contribution is 7.21. The molecular formula is C25H26N2O2S. The van der Waals surface area contributed by atoms with E-state index in [9.17, 15) is 4.79 Å². The van der Waals surface area contributed by atoms with Gasteiger partial charge in [0.2, 0.25) is 5.43 Å². The number of nitrogens with two attached hydrogens (primary N) is 1. The maximum Gasteiger partial charge on any atom is 0.213 e. The normalized spacial score (nSPS) is 29.4. The van der Waals surface area contributed by atoms with Gasteiger partial charge < -0.3 is 10.5 Å². The molecule has 30 heavy (non-hydrogen) atoms. The number of fused-ring (bicyclic) bond motifs is 1. The third-order valence-electron chi connectivity index (χ3n) is 7.73. The molecule has 4 aliphatic rings. The Balaban J connectivity index is 1.48. The van der Waals surface area contributed by atoms with Crippen molar-refractivity contribution in [2.75, 3.05) is 12.8 Å². The smallest absolute Gasteiger partial charge is 0.213 e. The van der Waals surface area contributed by atoms with Crippen LogP contribution in [0.5, 0.6) is 5.75 Å². The minimum absolute atomic E-state index is 0.112. The van der Waals surface area contributed by atoms with Crippen LogP contribution in [-0.4, -0.2) is 12.1 Å². The molecule has 0 amide bonds. The van der Waals surface area contributed by atoms with Gasteiger partial charge in [-0.3, -0.25) is 4.79 Å². The average Bonchev–Trinajstić information content (AvgIpc) is 2.75. The highest BCUT2D eigenvalue weighted by Gasteiger charge is 2.52. The van der Waals surface area contributed by atoms with Gasteiger partial charge in [-0.15, -0.1) is 11.3 Å². The SMILES string of the molecule is COc1ccc(-c2sc3nc(C45CC6CC(CC(C6)C4)C5)ccc3c(=O)c2N)cc1. The average molecular weight is 419 g/mol. The molecule has 7 rings (SSSR count). The maximum atomic E-state index is 13.0. The van der Waals surface area contributed by atoms with Crippen molar-refractivity contribution in [3.63, 3.8) is 0 Å². The molecule has 2 heterocycles. The first-order chi connectivity index (χ1) is 14.5. The largest absolute Gasteiger partial charge is 0.497 e. The summed E-state index contributed by atoms with van der Waals surface area (Å²) in [4.78, 5) is 19.8. The monoisotopic (exact) mass is 418 g/mol. The molecule has 2 aromatic heterocycles. The van der Waals surface area contributed by atoms with Crippen LogP contribution in [0.15, 0.2) is 41.2 Å². The van der Waals surface area contributed by atoms with E-state index < -0.39 is 0 Å². The lowest BCUT2D eigenvalue weighted by Crippen LogP contribution is -2.48. The number of rotatable bonds is 3. The van der Waals surface area contributed by atoms with Crippen LogP contribution in [0.1, 0.15) is 44.2 Å². The second kappa shape index (κ2) is 6.55. The number of benzene rings is 1. The van der Waals surface area contributed by atoms with E-state index in [-0.39, 0.29) is 10.8 Å². The molecular weight excluding hydrogens is 392 g/mol. The van der Waals surface area contributed by atoms with E-state index in [2.05, 4.69) is 6.07 Å². The van der Waals surface area contributed by atoms with E-state index in [0.717, 1.165) is 38.8 Å². The number of nitrogens with zero attached hydrogens (tertiary/aromatic N) is 1. The van der Waals surface area contributed by atoms with E-state index in [1.807, 2.05) is 30.3 Å². The maximum absolute atomic E-state index is 13.0. The van der Waals surface area contributed by atoms with Crippen LogP contribution in [-0.2, 0) is 5.41 Å². The Morgan fingerprint density at radius 1 is 1.00 bits per heavy atom. The first-order valence-electron chi connectivity index (χ1n) is 10.9. The molecule has 4 bridgehead atoms. The van der Waals surface area contributed by atoms with Gasteiger partial charge >= 0.3 is 0 Å². The van der Waals surface area contributed by atoms with Gasteiger partial charge in [-0.05, 0) is 98.2 Å². The summed E-state index contributed by atoms with van der Waals surface area (Å²) in [6, 6.07) is 11.8. The Morgan fingerprint density at radius 2 is 1.63 bits per heavy atom. The molecule has 3 aromatic rings. The Labute approximate surface area is 180 Å². The fraction of sp³-hybridized carbons (Fsp3) is 0.440. The molecule has 2 N–H and O–H groups in total. The summed E-state index contributed by atoms with van der Waals surface area (Å²) in [6.45, 7) is 0. The third-order valence-corrected chi connectivity index (χ3v) is 8.89. The molecule has 4 fully saturated rings. The highest BCUT2D eigenvalue weighted by Crippen LogP contribution is 2.60. The van der Waals surface area contributed by atoms with Crippen molar-refractivity contribution < 1.29 is 4.74 Å². The van der Waals surface area contributed by atoms with Crippen LogP contribution in [0.2, 0.25) is 0 Å². The summed E-state index contributed by atoms with van der Waals surface area (Å²) in [5, 5.41) is 0.642. The van der Waals surface area contributed by atoms with Crippen molar-refractivity contribution >= 4 is 27.2 Å². The van der Waals surface area contributed by atoms with Gasteiger partial charge in [-0.25, -0.2) is 4.98 Å². The van der Waals surface area contributed by atoms with Gasteiger partial charge in [0.25, 0.3) is 0 Å². The topological polar surface area (TPSA) is 65.2 Å². The first kappa shape index (κ1) is 18.4. The molecule has 0 radical (unpaired) electrons. The fourth-order valence-electron chi connectivity index (χ4n) is 6.77. The van der Waals surface area contributed by atoms with E-state index in [0.29, 0.717) is 11.1 Å². The fourth-order valence-corrected chi connectivity index (χ4v) is 7.83. The molecule has 4 saturated carbocycles. The number of aromatic nitrogens is 1. The Kier molecular flexibility index (Phi) is 4.01. The van der Waals surface area contributed by atoms with Gasteiger partial charge in [0, 0.05) is 11.1 Å². The predicted octanol–water partition coefficient (Wildman–Crippen LogP) is 5.38. The summed E-state index contributed by atoms with van der Waals surface area (Å²) in [7, 11) is 1.65. The number of hydrogen-bond donors (Lipinski definition) is 1. The molecule has 154 valence electrons. The van der Waals surface area contributed by atoms with Crippen molar-refractivity contribution in [2.45, 2.75) is 43.9 Å². The molecule has 0 spiro atoms. The minimum Gasteiger partial charge on any atom is -0.497 e. The number of pyridine rings is 1. The lowest BCUT2D eigenvalue weighted by atomic mass is 9.49. The molecule has 0 unspecified atom stereocenters. The minimum atomic E-state index is -0.112. The Morgan fingerprint density at radius 3 is 2.23 bits per heavy atom. The van der Waals surface area contributed by atoms with Crippen molar-refractivity contribution in [1.82, 2.24) is 4.98 Å². The molecule has 0 saturated heterocycles. The number of methoxy groups -OCH3 is 1. The van der Waals surface area contributed by atoms with E-state index in [1.165, 1.54) is 55.6 Å². The van der Waals surface area contributed by atoms with Crippen LogP contribution in [0.4, 0.5) is 5.69 Å². The first-order valence-corrected chi connectivity index (χ1v) is 11.7. The highest BCUT2D eigenvalue weighted by atomic mass is 32.1. The summed E-state index contributed by atoms with van der Waals surface area (Å²) < 4.78 is 5.26. The van der Waals surface area contributed by atoms with Crippen LogP contribution in [0.3, 0.4) is 0 Å². The summed E-state index contributed by atoms with van der Waals surface area (Å²) in [5.74, 6) is 3.39. The zero-order chi connectivity index (χ0) is 20.5. The molecule has 4 nitrogen and oxygen atoms in total. The molecule has 0 aliphatic heterocycles. The zero-order valence-electron chi connectivity index (χ0n) is 17.2. The number of hydrogen-bond acceptors (Lipinski definition) is 5. The van der Waals surface area contributed by atoms with Gasteiger partial charge in [0.1, 0.15) is 10.6 Å². The second-order valence-electron chi connectivity index (χ2n) is 9.65. The van der Waals surface area contributed by atoms with Crippen molar-refractivity contribution in [3.05, 3.63) is 52.3 Å². The standard InChI is InChI=1S/C25H26N2O2S/c1-29-18-4-2-17(3-5-18)23-21(26)22(28)19-6-7-20(27-24(19)30-23)25-11-14-8-15(12-25)10-16(9-14)13-25/h2-7,14-16H,8-13,26H2,1H3. The van der Waals surface area contributed by atoms with Crippen molar-refractivity contribution in [1.29, 1.82) is 0 Å². The summed E-state index contributed by atoms with van der Waals surface area (Å²) in [6.07, 6.45) is 8.06. The molecule has 4 aliphatic carbocycles. The van der Waals surface area contributed by atoms with Crippen LogP contribution >= 0.6 is 11.3 Å². The Hall–Kier alpha value is -2.40. The van der Waals surface area contributed by atoms with Crippen LogP contribution < -0.4 is 15.9 Å². The van der Waals surface area contributed by atoms with E-state index in [1.54, 1.807) is 7.11 Å². The Bertz CT molecular complexity index is 1160. The predicted molar refractivity (Wildman–Crippen MR) is 122 cm³/mol. The van der Waals surface area contributed by atoms with Gasteiger partial charge in [-0.2, -0.15) is 0 Å². The van der Waals surface area contributed by atoms with E-state index >= 15 is 0 Å². The zero-order valence-corrected chi connectivity index (χ0v) is 18.0. The summed E-state index contributed by atoms with van der Waals surface area (Å²) >= 11 is 1.54. The molecule has 0 atom stereocenters. The van der Waals surface area contributed by atoms with Crippen molar-refractivity contribution in [3.8, 4) is 16.2 Å². The van der Waals surface area contributed by atoms with Gasteiger partial charge in [-0.1, -0.05) is 0 Å². The van der Waals surface area contributed by atoms with Gasteiger partial charge in [0.05, 0.1) is 23.1 Å². The second-order valence-corrected chi connectivity index (χ2v) is 10.6. The van der Waals surface area contributed by atoms with Crippen LogP contribution in [0, 0.1) is 17.8 Å². The van der Waals surface area contributed by atoms with Crippen molar-refractivity contribution in [2.24, 2.45) is 17.8 Å². The quantitative estimate of drug-likeness (QED) is 0.620. The summed E-state index contributed by atoms with van der Waals surface area (Å²) in [5.41, 5.74) is 8.83. The third kappa shape index (κ3) is 2.71. The van der Waals surface area contributed by atoms with E-state index in [4.69, 9.17) is 15.5 Å². The van der Waals surface area contributed by atoms with Gasteiger partial charge in [0.15, 0.2) is 0 Å². The number of nitrogen functional groups attached to an aromatic ring is 1.